The molecule has 0 aromatic heterocycles. The molecule has 13 heteroatoms. The van der Waals surface area contributed by atoms with Crippen LogP contribution in [0.3, 0.4) is 0 Å². The summed E-state index contributed by atoms with van der Waals surface area (Å²) in [6.07, 6.45) is -0.691. The molecule has 4 aromatic carbocycles. The van der Waals surface area contributed by atoms with Gasteiger partial charge in [-0.15, -0.1) is 0 Å². The summed E-state index contributed by atoms with van der Waals surface area (Å²) in [5.41, 5.74) is 19.4. The quantitative estimate of drug-likeness (QED) is 0.0690. The summed E-state index contributed by atoms with van der Waals surface area (Å²) >= 11 is 0. The minimum absolute atomic E-state index is 0.00755. The molecule has 232 valence electrons. The van der Waals surface area contributed by atoms with Crippen molar-refractivity contribution in [3.63, 3.8) is 0 Å². The van der Waals surface area contributed by atoms with Gasteiger partial charge in [-0.2, -0.15) is 0 Å². The molecular formula is C33H29FN8O4. The van der Waals surface area contributed by atoms with Gasteiger partial charge >= 0.3 is 0 Å². The van der Waals surface area contributed by atoms with E-state index >= 15 is 0 Å². The van der Waals surface area contributed by atoms with Crippen molar-refractivity contribution >= 4 is 23.2 Å². The van der Waals surface area contributed by atoms with Gasteiger partial charge in [0.1, 0.15) is 11.6 Å². The molecule has 0 unspecified atom stereocenters. The maximum absolute atomic E-state index is 14.5. The van der Waals surface area contributed by atoms with E-state index in [0.29, 0.717) is 46.7 Å². The maximum atomic E-state index is 14.5. The van der Waals surface area contributed by atoms with E-state index in [4.69, 9.17) is 19.6 Å². The number of amides is 1. The lowest BCUT2D eigenvalue weighted by molar-refractivity contribution is -0.129. The monoisotopic (exact) mass is 620 g/mol. The Morgan fingerprint density at radius 2 is 1.70 bits per heavy atom. The normalized spacial score (nSPS) is 16.7. The van der Waals surface area contributed by atoms with Crippen LogP contribution < -0.4 is 10.1 Å². The number of aliphatic hydroxyl groups is 1. The second-order valence-electron chi connectivity index (χ2n) is 10.3. The summed E-state index contributed by atoms with van der Waals surface area (Å²) in [6.45, 7) is 0.337. The van der Waals surface area contributed by atoms with Gasteiger partial charge in [-0.3, -0.25) is 4.79 Å². The van der Waals surface area contributed by atoms with Gasteiger partial charge in [-0.05, 0) is 58.6 Å². The highest BCUT2D eigenvalue weighted by atomic mass is 19.1. The molecule has 4 aromatic rings. The van der Waals surface area contributed by atoms with Gasteiger partial charge in [0.2, 0.25) is 5.90 Å². The predicted molar refractivity (Wildman–Crippen MR) is 169 cm³/mol. The average Bonchev–Trinajstić information content (AvgIpc) is 3.46. The fourth-order valence-corrected chi connectivity index (χ4v) is 5.19. The summed E-state index contributed by atoms with van der Waals surface area (Å²) in [6, 6.07) is 26.3. The van der Waals surface area contributed by atoms with Gasteiger partial charge in [0.15, 0.2) is 11.6 Å². The first kappa shape index (κ1) is 31.6. The topological polar surface area (TPSA) is 178 Å². The highest BCUT2D eigenvalue weighted by Crippen LogP contribution is 2.46. The van der Waals surface area contributed by atoms with E-state index in [1.54, 1.807) is 84.9 Å². The number of hydrogen-bond donors (Lipinski definition) is 2. The molecule has 0 fully saturated rings. The summed E-state index contributed by atoms with van der Waals surface area (Å²) < 4.78 is 26.1. The molecule has 0 radical (unpaired) electrons. The summed E-state index contributed by atoms with van der Waals surface area (Å²) in [4.78, 5) is 25.3. The van der Waals surface area contributed by atoms with Crippen molar-refractivity contribution in [2.75, 3.05) is 13.2 Å². The molecule has 1 aliphatic heterocycles. The van der Waals surface area contributed by atoms with Crippen molar-refractivity contribution in [3.8, 4) is 5.75 Å². The summed E-state index contributed by atoms with van der Waals surface area (Å²) in [5, 5.41) is 19.6. The Hall–Kier alpha value is -5.87. The first-order chi connectivity index (χ1) is 22.5. The first-order valence-electron chi connectivity index (χ1n) is 14.4. The number of benzene rings is 4. The number of aliphatic imine (C=N–C) groups is 1. The molecule has 2 N–H and O–H groups in total. The number of azide groups is 2. The number of halogens is 1. The van der Waals surface area contributed by atoms with Crippen molar-refractivity contribution in [3.05, 3.63) is 146 Å². The number of hydrogen-bond acceptors (Lipinski definition) is 7. The lowest BCUT2D eigenvalue weighted by Crippen LogP contribution is -2.49. The molecule has 1 aliphatic rings. The van der Waals surface area contributed by atoms with Gasteiger partial charge in [-0.25, -0.2) is 9.38 Å². The van der Waals surface area contributed by atoms with E-state index in [1.165, 1.54) is 12.1 Å². The Morgan fingerprint density at radius 1 is 0.978 bits per heavy atom. The van der Waals surface area contributed by atoms with Crippen molar-refractivity contribution in [1.29, 1.82) is 0 Å². The van der Waals surface area contributed by atoms with E-state index < -0.39 is 23.4 Å². The molecule has 1 heterocycles. The van der Waals surface area contributed by atoms with Crippen molar-refractivity contribution in [2.45, 2.75) is 31.0 Å². The van der Waals surface area contributed by atoms with E-state index in [2.05, 4.69) is 25.4 Å². The van der Waals surface area contributed by atoms with Crippen LogP contribution in [0.4, 0.5) is 15.8 Å². The Bertz CT molecular complexity index is 1840. The van der Waals surface area contributed by atoms with Crippen LogP contribution in [0.2, 0.25) is 0 Å². The second kappa shape index (κ2) is 14.7. The van der Waals surface area contributed by atoms with Crippen LogP contribution in [0.15, 0.2) is 112 Å². The number of nitrogens with one attached hydrogen (secondary N) is 1. The van der Waals surface area contributed by atoms with Crippen molar-refractivity contribution in [2.24, 2.45) is 15.2 Å². The number of nitrogens with zero attached hydrogens (tertiary/aromatic N) is 7. The minimum Gasteiger partial charge on any atom is -0.494 e. The van der Waals surface area contributed by atoms with Crippen LogP contribution >= 0.6 is 0 Å². The van der Waals surface area contributed by atoms with Crippen LogP contribution in [0, 0.1) is 5.82 Å². The lowest BCUT2D eigenvalue weighted by Gasteiger charge is -2.31. The molecule has 0 saturated heterocycles. The van der Waals surface area contributed by atoms with E-state index in [0.717, 1.165) is 0 Å². The van der Waals surface area contributed by atoms with Crippen LogP contribution in [0.1, 0.15) is 34.8 Å². The maximum Gasteiger partial charge on any atom is 0.252 e. The molecule has 12 nitrogen and oxygen atoms in total. The zero-order valence-corrected chi connectivity index (χ0v) is 24.5. The standard InChI is InChI=1S/C33H29FN8O4/c34-25-9-5-7-22(19-25)21-37-32(44)33(20-24-8-1-3-11-28(24)39-41-35)30(27-10-2-4-12-29(27)40-42-36)46-31(38-33)23-13-15-26(16-14-23)45-18-6-17-43/h1-5,7-16,19,30,43H,6,17-18,20-21H2,(H,37,44)/t30-,33-/m1/s1. The van der Waals surface area contributed by atoms with Gasteiger partial charge in [0.25, 0.3) is 5.91 Å². The average molecular weight is 621 g/mol. The number of rotatable bonds is 13. The van der Waals surface area contributed by atoms with E-state index in [1.807, 2.05) is 0 Å². The molecule has 0 spiro atoms. The molecule has 2 atom stereocenters. The Balaban J connectivity index is 1.64. The largest absolute Gasteiger partial charge is 0.494 e. The van der Waals surface area contributed by atoms with Crippen LogP contribution in [0.5, 0.6) is 5.75 Å². The van der Waals surface area contributed by atoms with Gasteiger partial charge in [-0.1, -0.05) is 70.9 Å². The molecule has 46 heavy (non-hydrogen) atoms. The Kier molecular flexibility index (Phi) is 10.1. The number of carbonyl (C=O) groups is 1. The fourth-order valence-electron chi connectivity index (χ4n) is 5.19. The molecule has 0 aliphatic carbocycles. The van der Waals surface area contributed by atoms with Crippen LogP contribution in [-0.4, -0.2) is 35.7 Å². The first-order valence-corrected chi connectivity index (χ1v) is 14.4. The summed E-state index contributed by atoms with van der Waals surface area (Å²) in [5.74, 6) is -0.278. The lowest BCUT2D eigenvalue weighted by atomic mass is 9.81. The fraction of sp³-hybridized carbons (Fsp3) is 0.212. The second-order valence-corrected chi connectivity index (χ2v) is 10.3. The van der Waals surface area contributed by atoms with Gasteiger partial charge in [0.05, 0.1) is 6.61 Å². The Morgan fingerprint density at radius 3 is 2.43 bits per heavy atom. The third kappa shape index (κ3) is 7.09. The van der Waals surface area contributed by atoms with E-state index in [-0.39, 0.29) is 31.2 Å². The van der Waals surface area contributed by atoms with E-state index in [9.17, 15) is 20.2 Å². The zero-order chi connectivity index (χ0) is 32.4. The molecule has 0 bridgehead atoms. The predicted octanol–water partition coefficient (Wildman–Crippen LogP) is 7.29. The molecular weight excluding hydrogens is 591 g/mol. The van der Waals surface area contributed by atoms with Crippen molar-refractivity contribution < 1.29 is 23.8 Å². The molecule has 0 saturated carbocycles. The Labute approximate surface area is 263 Å². The highest BCUT2D eigenvalue weighted by molar-refractivity contribution is 6.01. The third-order valence-corrected chi connectivity index (χ3v) is 7.35. The summed E-state index contributed by atoms with van der Waals surface area (Å²) in [7, 11) is 0. The highest BCUT2D eigenvalue weighted by Gasteiger charge is 2.54. The third-order valence-electron chi connectivity index (χ3n) is 7.35. The molecule has 5 rings (SSSR count). The number of carbonyl (C=O) groups excluding carboxylic acids is 1. The molecule has 1 amide bonds. The minimum atomic E-state index is -1.71. The van der Waals surface area contributed by atoms with Crippen molar-refractivity contribution in [1.82, 2.24) is 5.32 Å². The zero-order valence-electron chi connectivity index (χ0n) is 24.5. The van der Waals surface area contributed by atoms with Gasteiger partial charge in [0, 0.05) is 58.3 Å². The van der Waals surface area contributed by atoms with Crippen LogP contribution in [0.25, 0.3) is 20.9 Å². The SMILES string of the molecule is [N-]=[N+]=Nc1ccccc1C[C@@]1(C(=O)NCc2cccc(F)c2)N=C(c2ccc(OCCCO)cc2)O[C@@H]1c1ccccc1N=[N+]=[N-]. The number of ether oxygens (including phenoxy) is 2. The van der Waals surface area contributed by atoms with Crippen LogP contribution in [-0.2, 0) is 22.5 Å². The van der Waals surface area contributed by atoms with Gasteiger partial charge < -0.3 is 19.9 Å². The number of aliphatic hydroxyl groups excluding tert-OH is 1. The smallest absolute Gasteiger partial charge is 0.252 e.